The van der Waals surface area contributed by atoms with Gasteiger partial charge >= 0.3 is 5.97 Å². The van der Waals surface area contributed by atoms with E-state index in [0.29, 0.717) is 23.3 Å². The monoisotopic (exact) mass is 479 g/mol. The number of carbonyl (C=O) groups is 1. The number of hydrogen-bond donors (Lipinski definition) is 1. The number of likely N-dealkylation sites (tertiary alicyclic amines) is 1. The molecule has 0 bridgehead atoms. The maximum atomic E-state index is 11.4. The summed E-state index contributed by atoms with van der Waals surface area (Å²) in [6.07, 6.45) is 11.7. The van der Waals surface area contributed by atoms with Gasteiger partial charge in [-0.3, -0.25) is 9.88 Å². The molecule has 176 valence electrons. The van der Waals surface area contributed by atoms with Crippen molar-refractivity contribution in [3.05, 3.63) is 83.2 Å². The number of pyridine rings is 1. The van der Waals surface area contributed by atoms with E-state index in [1.54, 1.807) is 24.7 Å². The van der Waals surface area contributed by atoms with E-state index in [-0.39, 0.29) is 5.56 Å². The van der Waals surface area contributed by atoms with Gasteiger partial charge in [0.25, 0.3) is 0 Å². The van der Waals surface area contributed by atoms with E-state index in [9.17, 15) is 9.90 Å². The van der Waals surface area contributed by atoms with Gasteiger partial charge in [-0.25, -0.2) is 4.79 Å². The zero-order chi connectivity index (χ0) is 23.5. The first kappa shape index (κ1) is 22.5. The molecule has 1 fully saturated rings. The quantitative estimate of drug-likeness (QED) is 0.370. The standard InChI is InChI=1S/C26H26ClN3O4/c27-20-1-2-22(26(31)32)25(13-20)34-12-10-29-8-4-19(5-9-29)23-16-30(15-18-6-11-33-17-18)24-14-28-7-3-21(23)24/h1-3,6-7,11,13-14,16-17,19H,4-5,8-10,12,15H2,(H,31,32). The van der Waals surface area contributed by atoms with Crippen LogP contribution in [0.2, 0.25) is 5.02 Å². The maximum absolute atomic E-state index is 11.4. The fraction of sp³-hybridized carbons (Fsp3) is 0.308. The van der Waals surface area contributed by atoms with E-state index in [0.717, 1.165) is 50.1 Å². The Hall–Kier alpha value is -3.29. The Balaban J connectivity index is 1.21. The summed E-state index contributed by atoms with van der Waals surface area (Å²) in [4.78, 5) is 18.1. The van der Waals surface area contributed by atoms with Crippen molar-refractivity contribution in [1.82, 2.24) is 14.5 Å². The first-order chi connectivity index (χ1) is 16.6. The van der Waals surface area contributed by atoms with Crippen molar-refractivity contribution in [2.24, 2.45) is 0 Å². The van der Waals surface area contributed by atoms with Gasteiger partial charge in [0.15, 0.2) is 0 Å². The van der Waals surface area contributed by atoms with Gasteiger partial charge in [-0.15, -0.1) is 0 Å². The molecule has 4 heterocycles. The summed E-state index contributed by atoms with van der Waals surface area (Å²) in [6, 6.07) is 8.70. The zero-order valence-corrected chi connectivity index (χ0v) is 19.4. The largest absolute Gasteiger partial charge is 0.491 e. The summed E-state index contributed by atoms with van der Waals surface area (Å²) < 4.78 is 13.3. The van der Waals surface area contributed by atoms with E-state index in [4.69, 9.17) is 20.8 Å². The number of aromatic nitrogens is 2. The highest BCUT2D eigenvalue weighted by Gasteiger charge is 2.24. The Morgan fingerprint density at radius 3 is 2.85 bits per heavy atom. The Morgan fingerprint density at radius 2 is 2.09 bits per heavy atom. The summed E-state index contributed by atoms with van der Waals surface area (Å²) >= 11 is 6.01. The van der Waals surface area contributed by atoms with Crippen molar-refractivity contribution >= 4 is 28.5 Å². The van der Waals surface area contributed by atoms with Crippen LogP contribution in [-0.4, -0.2) is 51.8 Å². The first-order valence-corrected chi connectivity index (χ1v) is 11.8. The molecule has 1 aromatic carbocycles. The summed E-state index contributed by atoms with van der Waals surface area (Å²) in [5.74, 6) is -0.220. The minimum absolute atomic E-state index is 0.129. The van der Waals surface area contributed by atoms with Crippen molar-refractivity contribution < 1.29 is 19.1 Å². The van der Waals surface area contributed by atoms with Crippen LogP contribution < -0.4 is 4.74 Å². The van der Waals surface area contributed by atoms with Crippen LogP contribution in [0.1, 0.15) is 40.2 Å². The van der Waals surface area contributed by atoms with E-state index < -0.39 is 5.97 Å². The van der Waals surface area contributed by atoms with Crippen LogP contribution in [-0.2, 0) is 6.54 Å². The lowest BCUT2D eigenvalue weighted by atomic mass is 9.89. The molecule has 1 saturated heterocycles. The van der Waals surface area contributed by atoms with E-state index in [2.05, 4.69) is 26.7 Å². The Kier molecular flexibility index (Phi) is 6.56. The van der Waals surface area contributed by atoms with Gasteiger partial charge in [0.05, 0.1) is 30.8 Å². The molecule has 1 aliphatic rings. The number of nitrogens with zero attached hydrogens (tertiary/aromatic N) is 3. The Morgan fingerprint density at radius 1 is 1.24 bits per heavy atom. The lowest BCUT2D eigenvalue weighted by molar-refractivity contribution is 0.0691. The number of aromatic carboxylic acids is 1. The van der Waals surface area contributed by atoms with Crippen LogP contribution in [0.15, 0.2) is 65.9 Å². The van der Waals surface area contributed by atoms with Gasteiger partial charge in [-0.05, 0) is 67.7 Å². The molecular weight excluding hydrogens is 454 g/mol. The second-order valence-electron chi connectivity index (χ2n) is 8.65. The minimum atomic E-state index is -1.02. The number of furan rings is 1. The lowest BCUT2D eigenvalue weighted by Crippen LogP contribution is -2.35. The van der Waals surface area contributed by atoms with Crippen LogP contribution in [0, 0.1) is 0 Å². The van der Waals surface area contributed by atoms with E-state index in [1.165, 1.54) is 17.0 Å². The van der Waals surface area contributed by atoms with Gasteiger partial charge in [-0.1, -0.05) is 11.6 Å². The van der Waals surface area contributed by atoms with Crippen molar-refractivity contribution in [1.29, 1.82) is 0 Å². The van der Waals surface area contributed by atoms with Crippen molar-refractivity contribution in [3.8, 4) is 5.75 Å². The fourth-order valence-corrected chi connectivity index (χ4v) is 4.91. The van der Waals surface area contributed by atoms with Crippen LogP contribution in [0.4, 0.5) is 0 Å². The number of hydrogen-bond acceptors (Lipinski definition) is 5. The SMILES string of the molecule is O=C(O)c1ccc(Cl)cc1OCCN1CCC(c2cn(Cc3ccoc3)c3cnccc23)CC1. The van der Waals surface area contributed by atoms with Gasteiger partial charge in [0.1, 0.15) is 17.9 Å². The predicted molar refractivity (Wildman–Crippen MR) is 130 cm³/mol. The van der Waals surface area contributed by atoms with Gasteiger partial charge in [0.2, 0.25) is 0 Å². The molecule has 4 aromatic rings. The second kappa shape index (κ2) is 9.91. The van der Waals surface area contributed by atoms with Gasteiger partial charge in [-0.2, -0.15) is 0 Å². The average molecular weight is 480 g/mol. The molecule has 0 radical (unpaired) electrons. The molecule has 5 rings (SSSR count). The molecule has 0 spiro atoms. The number of benzene rings is 1. The summed E-state index contributed by atoms with van der Waals surface area (Å²) in [5, 5.41) is 11.1. The molecule has 0 unspecified atom stereocenters. The van der Waals surface area contributed by atoms with Crippen molar-refractivity contribution in [3.63, 3.8) is 0 Å². The normalized spacial score (nSPS) is 15.1. The molecule has 0 aliphatic carbocycles. The third-order valence-corrected chi connectivity index (χ3v) is 6.75. The molecule has 7 nitrogen and oxygen atoms in total. The van der Waals surface area contributed by atoms with Gasteiger partial charge in [0, 0.05) is 34.9 Å². The molecule has 34 heavy (non-hydrogen) atoms. The van der Waals surface area contributed by atoms with Crippen LogP contribution in [0.3, 0.4) is 0 Å². The molecule has 1 N–H and O–H groups in total. The molecule has 8 heteroatoms. The lowest BCUT2D eigenvalue weighted by Gasteiger charge is -2.31. The molecule has 3 aromatic heterocycles. The number of fused-ring (bicyclic) bond motifs is 1. The third kappa shape index (κ3) is 4.81. The second-order valence-corrected chi connectivity index (χ2v) is 9.08. The number of ether oxygens (including phenoxy) is 1. The highest BCUT2D eigenvalue weighted by molar-refractivity contribution is 6.30. The molecule has 0 saturated carbocycles. The average Bonchev–Trinajstić information content (AvgIpc) is 3.48. The maximum Gasteiger partial charge on any atom is 0.339 e. The van der Waals surface area contributed by atoms with Gasteiger partial charge < -0.3 is 18.8 Å². The highest BCUT2D eigenvalue weighted by Crippen LogP contribution is 2.34. The third-order valence-electron chi connectivity index (χ3n) is 6.51. The van der Waals surface area contributed by atoms with Crippen molar-refractivity contribution in [2.45, 2.75) is 25.3 Å². The number of rotatable bonds is 8. The Bertz CT molecular complexity index is 1280. The fourth-order valence-electron chi connectivity index (χ4n) is 4.75. The number of carboxylic acid groups (broad SMARTS) is 1. The van der Waals surface area contributed by atoms with Crippen molar-refractivity contribution in [2.75, 3.05) is 26.2 Å². The summed E-state index contributed by atoms with van der Waals surface area (Å²) in [5.41, 5.74) is 3.78. The van der Waals surface area contributed by atoms with Crippen LogP contribution in [0.25, 0.3) is 10.9 Å². The molecule has 1 aliphatic heterocycles. The Labute approximate surface area is 202 Å². The number of halogens is 1. The van der Waals surface area contributed by atoms with Crippen LogP contribution in [0.5, 0.6) is 5.75 Å². The topological polar surface area (TPSA) is 80.7 Å². The van der Waals surface area contributed by atoms with E-state index >= 15 is 0 Å². The highest BCUT2D eigenvalue weighted by atomic mass is 35.5. The first-order valence-electron chi connectivity index (χ1n) is 11.4. The number of piperidine rings is 1. The number of carboxylic acids is 1. The predicted octanol–water partition coefficient (Wildman–Crippen LogP) is 5.29. The van der Waals surface area contributed by atoms with Crippen LogP contribution >= 0.6 is 11.6 Å². The molecule has 0 amide bonds. The summed E-state index contributed by atoms with van der Waals surface area (Å²) in [6.45, 7) is 3.85. The summed E-state index contributed by atoms with van der Waals surface area (Å²) in [7, 11) is 0. The molecular formula is C26H26ClN3O4. The zero-order valence-electron chi connectivity index (χ0n) is 18.7. The minimum Gasteiger partial charge on any atom is -0.491 e. The smallest absolute Gasteiger partial charge is 0.339 e. The van der Waals surface area contributed by atoms with E-state index in [1.807, 2.05) is 18.5 Å². The molecule has 0 atom stereocenters.